The lowest BCUT2D eigenvalue weighted by atomic mass is 9.89. The number of hydrogen-bond donors (Lipinski definition) is 0. The van der Waals surface area contributed by atoms with Gasteiger partial charge in [-0.2, -0.15) is 0 Å². The largest absolute Gasteiger partial charge is 0.496 e. The maximum Gasteiger partial charge on any atom is 0.307 e. The highest BCUT2D eigenvalue weighted by atomic mass is 16.6. The second-order valence-corrected chi connectivity index (χ2v) is 5.01. The molecule has 1 saturated heterocycles. The molecule has 1 aliphatic heterocycles. The molecular formula is C14H16O4. The number of carbonyl (C=O) groups excluding carboxylic acids is 1. The minimum Gasteiger partial charge on any atom is -0.496 e. The predicted octanol–water partition coefficient (Wildman–Crippen LogP) is 2.04. The molecule has 1 aliphatic carbocycles. The lowest BCUT2D eigenvalue weighted by molar-refractivity contribution is -0.148. The summed E-state index contributed by atoms with van der Waals surface area (Å²) >= 11 is 0. The Kier molecular flexibility index (Phi) is 2.30. The topological polar surface area (TPSA) is 44.8 Å². The first-order chi connectivity index (χ1) is 8.60. The van der Waals surface area contributed by atoms with Gasteiger partial charge in [-0.3, -0.25) is 4.79 Å². The summed E-state index contributed by atoms with van der Waals surface area (Å²) in [5.74, 6) is 1.67. The van der Waals surface area contributed by atoms with Crippen molar-refractivity contribution in [3.05, 3.63) is 23.3 Å². The van der Waals surface area contributed by atoms with Gasteiger partial charge in [-0.1, -0.05) is 0 Å². The number of benzene rings is 1. The fourth-order valence-corrected chi connectivity index (χ4v) is 3.24. The van der Waals surface area contributed by atoms with Crippen molar-refractivity contribution in [1.29, 1.82) is 0 Å². The number of carbonyl (C=O) groups is 1. The molecule has 2 aliphatic rings. The number of esters is 1. The molecule has 96 valence electrons. The number of methoxy groups -OCH3 is 2. The molecule has 0 radical (unpaired) electrons. The molecule has 2 atom stereocenters. The average molecular weight is 248 g/mol. The lowest BCUT2D eigenvalue weighted by Crippen LogP contribution is -2.25. The molecule has 1 fully saturated rings. The Morgan fingerprint density at radius 2 is 1.89 bits per heavy atom. The molecule has 1 heterocycles. The Labute approximate surface area is 106 Å². The van der Waals surface area contributed by atoms with Crippen LogP contribution in [-0.2, 0) is 21.6 Å². The molecule has 1 aromatic carbocycles. The quantitative estimate of drug-likeness (QED) is 0.751. The fourth-order valence-electron chi connectivity index (χ4n) is 3.24. The fraction of sp³-hybridized carbons (Fsp3) is 0.500. The van der Waals surface area contributed by atoms with Crippen LogP contribution in [0.1, 0.15) is 24.5 Å². The average Bonchev–Trinajstić information content (AvgIpc) is 2.77. The second kappa shape index (κ2) is 3.64. The zero-order valence-corrected chi connectivity index (χ0v) is 10.8. The van der Waals surface area contributed by atoms with E-state index >= 15 is 0 Å². The summed E-state index contributed by atoms with van der Waals surface area (Å²) < 4.78 is 16.4. The van der Waals surface area contributed by atoms with Crippen LogP contribution < -0.4 is 9.47 Å². The maximum absolute atomic E-state index is 11.5. The molecule has 4 nitrogen and oxygen atoms in total. The van der Waals surface area contributed by atoms with Gasteiger partial charge in [0.05, 0.1) is 20.6 Å². The van der Waals surface area contributed by atoms with Crippen LogP contribution in [-0.4, -0.2) is 20.2 Å². The van der Waals surface area contributed by atoms with Crippen LogP contribution in [0.2, 0.25) is 0 Å². The highest BCUT2D eigenvalue weighted by Gasteiger charge is 2.54. The molecule has 18 heavy (non-hydrogen) atoms. The molecule has 0 spiro atoms. The van der Waals surface area contributed by atoms with Crippen molar-refractivity contribution < 1.29 is 19.0 Å². The predicted molar refractivity (Wildman–Crippen MR) is 64.8 cm³/mol. The van der Waals surface area contributed by atoms with Gasteiger partial charge in [0.2, 0.25) is 0 Å². The third kappa shape index (κ3) is 1.29. The van der Waals surface area contributed by atoms with Crippen LogP contribution >= 0.6 is 0 Å². The zero-order valence-electron chi connectivity index (χ0n) is 10.8. The summed E-state index contributed by atoms with van der Waals surface area (Å²) in [6, 6.07) is 3.78. The van der Waals surface area contributed by atoms with E-state index in [0.717, 1.165) is 29.0 Å². The van der Waals surface area contributed by atoms with E-state index in [1.165, 1.54) is 0 Å². The lowest BCUT2D eigenvalue weighted by Gasteiger charge is -2.25. The summed E-state index contributed by atoms with van der Waals surface area (Å²) in [4.78, 5) is 11.5. The molecule has 3 rings (SSSR count). The molecular weight excluding hydrogens is 232 g/mol. The van der Waals surface area contributed by atoms with Gasteiger partial charge >= 0.3 is 5.97 Å². The molecule has 2 unspecified atom stereocenters. The second-order valence-electron chi connectivity index (χ2n) is 5.01. The van der Waals surface area contributed by atoms with Crippen molar-refractivity contribution in [2.75, 3.05) is 14.2 Å². The summed E-state index contributed by atoms with van der Waals surface area (Å²) in [5.41, 5.74) is 1.52. The minimum atomic E-state index is -0.563. The van der Waals surface area contributed by atoms with Gasteiger partial charge in [0.25, 0.3) is 0 Å². The van der Waals surface area contributed by atoms with E-state index in [1.54, 1.807) is 14.2 Å². The van der Waals surface area contributed by atoms with Gasteiger partial charge in [0, 0.05) is 17.0 Å². The van der Waals surface area contributed by atoms with E-state index in [9.17, 15) is 4.79 Å². The van der Waals surface area contributed by atoms with E-state index in [0.29, 0.717) is 6.42 Å². The summed E-state index contributed by atoms with van der Waals surface area (Å²) in [7, 11) is 3.29. The maximum atomic E-state index is 11.5. The Balaban J connectivity index is 2.21. The summed E-state index contributed by atoms with van der Waals surface area (Å²) in [6.45, 7) is 1.97. The highest BCUT2D eigenvalue weighted by Crippen LogP contribution is 2.55. The van der Waals surface area contributed by atoms with Crippen LogP contribution in [0.25, 0.3) is 0 Å². The molecule has 0 N–H and O–H groups in total. The highest BCUT2D eigenvalue weighted by molar-refractivity contribution is 5.75. The minimum absolute atomic E-state index is 0.127. The van der Waals surface area contributed by atoms with E-state index in [2.05, 4.69) is 0 Å². The SMILES string of the molecule is COc1ccc(OC)c2c1CC1CC(=O)OC21C. The van der Waals surface area contributed by atoms with E-state index < -0.39 is 5.60 Å². The van der Waals surface area contributed by atoms with Crippen LogP contribution in [0.15, 0.2) is 12.1 Å². The standard InChI is InChI=1S/C14H16O4/c1-14-8(7-12(15)18-14)6-9-10(16-2)4-5-11(17-3)13(9)14/h4-5,8H,6-7H2,1-3H3. The van der Waals surface area contributed by atoms with E-state index in [-0.39, 0.29) is 11.9 Å². The zero-order chi connectivity index (χ0) is 12.9. The first-order valence-electron chi connectivity index (χ1n) is 6.06. The number of rotatable bonds is 2. The normalized spacial score (nSPS) is 28.6. The molecule has 1 aromatic rings. The first kappa shape index (κ1) is 11.4. The van der Waals surface area contributed by atoms with Crippen molar-refractivity contribution in [3.8, 4) is 11.5 Å². The molecule has 4 heteroatoms. The van der Waals surface area contributed by atoms with Crippen LogP contribution in [0.3, 0.4) is 0 Å². The molecule has 0 aromatic heterocycles. The first-order valence-corrected chi connectivity index (χ1v) is 6.06. The summed E-state index contributed by atoms with van der Waals surface area (Å²) in [6.07, 6.45) is 1.27. The summed E-state index contributed by atoms with van der Waals surface area (Å²) in [5, 5.41) is 0. The molecule has 0 saturated carbocycles. The number of fused-ring (bicyclic) bond motifs is 3. The van der Waals surface area contributed by atoms with Crippen molar-refractivity contribution in [1.82, 2.24) is 0 Å². The van der Waals surface area contributed by atoms with Crippen LogP contribution in [0.5, 0.6) is 11.5 Å². The van der Waals surface area contributed by atoms with Gasteiger partial charge < -0.3 is 14.2 Å². The van der Waals surface area contributed by atoms with E-state index in [1.807, 2.05) is 19.1 Å². The monoisotopic (exact) mass is 248 g/mol. The Morgan fingerprint density at radius 3 is 2.56 bits per heavy atom. The Hall–Kier alpha value is -1.71. The van der Waals surface area contributed by atoms with Gasteiger partial charge in [-0.15, -0.1) is 0 Å². The van der Waals surface area contributed by atoms with Gasteiger partial charge in [-0.25, -0.2) is 0 Å². The van der Waals surface area contributed by atoms with Gasteiger partial charge in [0.1, 0.15) is 17.1 Å². The Morgan fingerprint density at radius 1 is 1.22 bits per heavy atom. The van der Waals surface area contributed by atoms with Crippen LogP contribution in [0, 0.1) is 5.92 Å². The van der Waals surface area contributed by atoms with Crippen molar-refractivity contribution >= 4 is 5.97 Å². The third-order valence-electron chi connectivity index (χ3n) is 4.14. The molecule has 0 amide bonds. The number of ether oxygens (including phenoxy) is 3. The van der Waals surface area contributed by atoms with Crippen molar-refractivity contribution in [2.24, 2.45) is 5.92 Å². The smallest absolute Gasteiger partial charge is 0.307 e. The van der Waals surface area contributed by atoms with Crippen molar-refractivity contribution in [3.63, 3.8) is 0 Å². The van der Waals surface area contributed by atoms with Gasteiger partial charge in [-0.05, 0) is 25.5 Å². The van der Waals surface area contributed by atoms with Crippen molar-refractivity contribution in [2.45, 2.75) is 25.4 Å². The molecule has 0 bridgehead atoms. The third-order valence-corrected chi connectivity index (χ3v) is 4.14. The van der Waals surface area contributed by atoms with E-state index in [4.69, 9.17) is 14.2 Å². The Bertz CT molecular complexity index is 523. The van der Waals surface area contributed by atoms with Crippen LogP contribution in [0.4, 0.5) is 0 Å². The number of hydrogen-bond acceptors (Lipinski definition) is 4. The van der Waals surface area contributed by atoms with Gasteiger partial charge in [0.15, 0.2) is 0 Å².